The number of nitrogens with zero attached hydrogens (tertiary/aromatic N) is 2. The zero-order chi connectivity index (χ0) is 17.4. The lowest BCUT2D eigenvalue weighted by Gasteiger charge is -2.51. The zero-order valence-corrected chi connectivity index (χ0v) is 14.8. The van der Waals surface area contributed by atoms with Crippen LogP contribution < -0.4 is 5.73 Å². The highest BCUT2D eigenvalue weighted by atomic mass is 16.4. The number of carboxylic acid groups (broad SMARTS) is 1. The summed E-state index contributed by atoms with van der Waals surface area (Å²) < 4.78 is 0. The van der Waals surface area contributed by atoms with Gasteiger partial charge < -0.3 is 15.7 Å². The molecule has 132 valence electrons. The summed E-state index contributed by atoms with van der Waals surface area (Å²) >= 11 is 0. The Labute approximate surface area is 139 Å². The monoisotopic (exact) mass is 325 g/mol. The van der Waals surface area contributed by atoms with Crippen LogP contribution in [-0.2, 0) is 9.59 Å². The average Bonchev–Trinajstić information content (AvgIpc) is 2.85. The predicted octanol–water partition coefficient (Wildman–Crippen LogP) is 1.29. The molecule has 4 atom stereocenters. The minimum Gasteiger partial charge on any atom is -0.481 e. The molecule has 1 heterocycles. The van der Waals surface area contributed by atoms with Crippen LogP contribution in [0, 0.1) is 5.92 Å². The molecule has 23 heavy (non-hydrogen) atoms. The number of rotatable bonds is 5. The first-order valence-electron chi connectivity index (χ1n) is 8.75. The Morgan fingerprint density at radius 2 is 2.13 bits per heavy atom. The lowest BCUT2D eigenvalue weighted by atomic mass is 9.70. The van der Waals surface area contributed by atoms with Crippen molar-refractivity contribution in [2.45, 2.75) is 76.5 Å². The lowest BCUT2D eigenvalue weighted by molar-refractivity contribution is -0.151. The molecule has 2 fully saturated rings. The van der Waals surface area contributed by atoms with E-state index in [1.54, 1.807) is 4.90 Å². The van der Waals surface area contributed by atoms with Gasteiger partial charge in [-0.25, -0.2) is 0 Å². The van der Waals surface area contributed by atoms with E-state index < -0.39 is 17.9 Å². The third-order valence-electron chi connectivity index (χ3n) is 6.15. The number of aliphatic carboxylic acids is 1. The Bertz CT molecular complexity index is 468. The number of likely N-dealkylation sites (tertiary alicyclic amines) is 1. The van der Waals surface area contributed by atoms with Crippen LogP contribution >= 0.6 is 0 Å². The third kappa shape index (κ3) is 3.24. The molecule has 0 spiro atoms. The summed E-state index contributed by atoms with van der Waals surface area (Å²) in [6, 6.07) is -0.308. The van der Waals surface area contributed by atoms with Crippen LogP contribution in [0.25, 0.3) is 0 Å². The smallest absolute Gasteiger partial charge is 0.308 e. The molecular weight excluding hydrogens is 294 g/mol. The minimum absolute atomic E-state index is 0.0811. The molecule has 1 aliphatic carbocycles. The van der Waals surface area contributed by atoms with Gasteiger partial charge >= 0.3 is 5.97 Å². The summed E-state index contributed by atoms with van der Waals surface area (Å²) in [4.78, 5) is 28.2. The Balaban J connectivity index is 2.24. The zero-order valence-electron chi connectivity index (χ0n) is 14.8. The highest BCUT2D eigenvalue weighted by Crippen LogP contribution is 2.42. The van der Waals surface area contributed by atoms with Gasteiger partial charge in [-0.15, -0.1) is 0 Å². The minimum atomic E-state index is -0.794. The number of hydrogen-bond acceptors (Lipinski definition) is 4. The van der Waals surface area contributed by atoms with Crippen molar-refractivity contribution in [3.63, 3.8) is 0 Å². The SMILES string of the molecule is CCC1(N(C)C(C)C)CC[C@H](N2CC[C@H](N)C2=O)C(C(=O)O)C1. The van der Waals surface area contributed by atoms with E-state index in [2.05, 4.69) is 32.7 Å². The second kappa shape index (κ2) is 6.77. The maximum absolute atomic E-state index is 12.2. The van der Waals surface area contributed by atoms with Crippen LogP contribution in [-0.4, -0.2) is 64.0 Å². The number of carbonyl (C=O) groups is 2. The van der Waals surface area contributed by atoms with E-state index in [1.165, 1.54) is 0 Å². The van der Waals surface area contributed by atoms with Crippen molar-refractivity contribution in [1.82, 2.24) is 9.80 Å². The van der Waals surface area contributed by atoms with Gasteiger partial charge in [-0.1, -0.05) is 6.92 Å². The van der Waals surface area contributed by atoms with Crippen LogP contribution in [0.3, 0.4) is 0 Å². The molecule has 2 unspecified atom stereocenters. The summed E-state index contributed by atoms with van der Waals surface area (Å²) in [7, 11) is 2.09. The standard InChI is InChI=1S/C17H31N3O3/c1-5-17(19(4)11(2)3)8-6-14(12(10-17)16(22)23)20-9-7-13(18)15(20)21/h11-14H,5-10,18H2,1-4H3,(H,22,23)/t12?,13-,14-,17?/m0/s1. The average molecular weight is 325 g/mol. The van der Waals surface area contributed by atoms with Crippen molar-refractivity contribution in [1.29, 1.82) is 0 Å². The molecule has 3 N–H and O–H groups in total. The largest absolute Gasteiger partial charge is 0.481 e. The van der Waals surface area contributed by atoms with Crippen molar-refractivity contribution in [2.75, 3.05) is 13.6 Å². The summed E-state index contributed by atoms with van der Waals surface area (Å²) in [6.45, 7) is 7.01. The Morgan fingerprint density at radius 1 is 1.48 bits per heavy atom. The quantitative estimate of drug-likeness (QED) is 0.795. The van der Waals surface area contributed by atoms with E-state index in [9.17, 15) is 14.7 Å². The molecule has 1 saturated carbocycles. The number of hydrogen-bond donors (Lipinski definition) is 2. The molecule has 0 aromatic heterocycles. The Hall–Kier alpha value is -1.14. The molecule has 6 nitrogen and oxygen atoms in total. The van der Waals surface area contributed by atoms with Gasteiger partial charge in [0.15, 0.2) is 0 Å². The predicted molar refractivity (Wildman–Crippen MR) is 89.0 cm³/mol. The van der Waals surface area contributed by atoms with Gasteiger partial charge in [0.05, 0.1) is 12.0 Å². The van der Waals surface area contributed by atoms with E-state index in [0.29, 0.717) is 25.4 Å². The maximum Gasteiger partial charge on any atom is 0.308 e. The van der Waals surface area contributed by atoms with Crippen molar-refractivity contribution in [3.05, 3.63) is 0 Å². The fourth-order valence-electron chi connectivity index (χ4n) is 4.38. The van der Waals surface area contributed by atoms with Crippen molar-refractivity contribution >= 4 is 11.9 Å². The van der Waals surface area contributed by atoms with Gasteiger partial charge in [-0.3, -0.25) is 14.5 Å². The first-order valence-corrected chi connectivity index (χ1v) is 8.75. The number of carbonyl (C=O) groups excluding carboxylic acids is 1. The van der Waals surface area contributed by atoms with Gasteiger partial charge in [0.25, 0.3) is 0 Å². The molecule has 0 bridgehead atoms. The van der Waals surface area contributed by atoms with Crippen LogP contribution in [0.15, 0.2) is 0 Å². The topological polar surface area (TPSA) is 86.9 Å². The molecule has 0 aromatic carbocycles. The van der Waals surface area contributed by atoms with Gasteiger partial charge in [0, 0.05) is 24.2 Å². The normalized spacial score (nSPS) is 35.3. The fourth-order valence-corrected chi connectivity index (χ4v) is 4.38. The fraction of sp³-hybridized carbons (Fsp3) is 0.882. The molecule has 2 rings (SSSR count). The van der Waals surface area contributed by atoms with Gasteiger partial charge in [-0.2, -0.15) is 0 Å². The van der Waals surface area contributed by atoms with Crippen molar-refractivity contribution in [3.8, 4) is 0 Å². The molecule has 1 aliphatic heterocycles. The Kier molecular flexibility index (Phi) is 5.36. The highest BCUT2D eigenvalue weighted by Gasteiger charge is 2.49. The number of carboxylic acids is 1. The molecule has 0 aromatic rings. The first-order chi connectivity index (χ1) is 10.7. The molecule has 2 aliphatic rings. The maximum atomic E-state index is 12.2. The van der Waals surface area contributed by atoms with E-state index in [1.807, 2.05) is 0 Å². The molecule has 0 radical (unpaired) electrons. The van der Waals surface area contributed by atoms with E-state index in [0.717, 1.165) is 19.3 Å². The van der Waals surface area contributed by atoms with Crippen molar-refractivity contribution < 1.29 is 14.7 Å². The van der Waals surface area contributed by atoms with Gasteiger partial charge in [0.2, 0.25) is 5.91 Å². The molecule has 1 saturated heterocycles. The third-order valence-corrected chi connectivity index (χ3v) is 6.15. The second-order valence-corrected chi connectivity index (χ2v) is 7.46. The highest BCUT2D eigenvalue weighted by molar-refractivity contribution is 5.85. The number of amides is 1. The first kappa shape index (κ1) is 18.2. The molecule has 6 heteroatoms. The summed E-state index contributed by atoms with van der Waals surface area (Å²) in [5, 5.41) is 9.78. The van der Waals surface area contributed by atoms with E-state index in [-0.39, 0.29) is 17.5 Å². The van der Waals surface area contributed by atoms with E-state index in [4.69, 9.17) is 5.73 Å². The summed E-state index contributed by atoms with van der Waals surface area (Å²) in [5.74, 6) is -1.39. The van der Waals surface area contributed by atoms with Crippen LogP contribution in [0.2, 0.25) is 0 Å². The number of nitrogens with two attached hydrogens (primary N) is 1. The molecular formula is C17H31N3O3. The molecule has 1 amide bonds. The van der Waals surface area contributed by atoms with Crippen molar-refractivity contribution in [2.24, 2.45) is 11.7 Å². The van der Waals surface area contributed by atoms with E-state index >= 15 is 0 Å². The van der Waals surface area contributed by atoms with Gasteiger partial charge in [0.1, 0.15) is 0 Å². The van der Waals surface area contributed by atoms with Gasteiger partial charge in [-0.05, 0) is 53.0 Å². The van der Waals surface area contributed by atoms with Crippen LogP contribution in [0.5, 0.6) is 0 Å². The van der Waals surface area contributed by atoms with Crippen LogP contribution in [0.1, 0.15) is 52.9 Å². The summed E-state index contributed by atoms with van der Waals surface area (Å²) in [5.41, 5.74) is 5.72. The Morgan fingerprint density at radius 3 is 2.57 bits per heavy atom. The van der Waals surface area contributed by atoms with Crippen LogP contribution in [0.4, 0.5) is 0 Å². The lowest BCUT2D eigenvalue weighted by Crippen LogP contribution is -2.59. The summed E-state index contributed by atoms with van der Waals surface area (Å²) in [6.07, 6.45) is 3.81. The second-order valence-electron chi connectivity index (χ2n) is 7.46.